The largest absolute Gasteiger partial charge is 0.366 e. The third-order valence-corrected chi connectivity index (χ3v) is 3.72. The Morgan fingerprint density at radius 1 is 1.28 bits per heavy atom. The summed E-state index contributed by atoms with van der Waals surface area (Å²) in [6.45, 7) is 2.16. The molecule has 0 unspecified atom stereocenters. The summed E-state index contributed by atoms with van der Waals surface area (Å²) in [7, 11) is 1.95. The van der Waals surface area contributed by atoms with Crippen molar-refractivity contribution < 1.29 is 0 Å². The molecule has 3 nitrogen and oxygen atoms in total. The topological polar surface area (TPSA) is 29.9 Å². The van der Waals surface area contributed by atoms with Gasteiger partial charge in [-0.25, -0.2) is 0 Å². The van der Waals surface area contributed by atoms with Gasteiger partial charge in [0.2, 0.25) is 0 Å². The monoisotopic (exact) mass is 241 g/mol. The van der Waals surface area contributed by atoms with E-state index in [0.29, 0.717) is 12.0 Å². The van der Waals surface area contributed by atoms with Crippen LogP contribution in [-0.4, -0.2) is 15.8 Å². The number of nitrogens with zero attached hydrogens (tertiary/aromatic N) is 2. The quantitative estimate of drug-likeness (QED) is 0.895. The van der Waals surface area contributed by atoms with Crippen LogP contribution in [0.25, 0.3) is 0 Å². The van der Waals surface area contributed by atoms with E-state index in [1.807, 2.05) is 24.0 Å². The van der Waals surface area contributed by atoms with Gasteiger partial charge in [-0.1, -0.05) is 29.8 Å². The first kappa shape index (κ1) is 11.3. The number of nitrogens with one attached hydrogen (secondary N) is 1. The van der Waals surface area contributed by atoms with Crippen molar-refractivity contribution in [3.8, 4) is 0 Å². The first-order valence-electron chi connectivity index (χ1n) is 6.53. The van der Waals surface area contributed by atoms with Crippen LogP contribution in [0.2, 0.25) is 0 Å². The predicted molar refractivity (Wildman–Crippen MR) is 73.8 cm³/mol. The molecule has 0 radical (unpaired) electrons. The van der Waals surface area contributed by atoms with E-state index in [2.05, 4.69) is 41.6 Å². The van der Waals surface area contributed by atoms with E-state index in [-0.39, 0.29) is 0 Å². The Bertz CT molecular complexity index is 538. The van der Waals surface area contributed by atoms with Crippen LogP contribution in [-0.2, 0) is 7.05 Å². The molecule has 1 saturated carbocycles. The number of rotatable bonds is 3. The van der Waals surface area contributed by atoms with E-state index in [1.165, 1.54) is 24.0 Å². The van der Waals surface area contributed by atoms with Crippen molar-refractivity contribution in [2.24, 2.45) is 7.05 Å². The fourth-order valence-corrected chi connectivity index (χ4v) is 2.63. The zero-order chi connectivity index (χ0) is 12.5. The van der Waals surface area contributed by atoms with Crippen LogP contribution in [0.15, 0.2) is 36.5 Å². The fourth-order valence-electron chi connectivity index (χ4n) is 2.63. The number of anilines is 1. The van der Waals surface area contributed by atoms with Gasteiger partial charge in [-0.2, -0.15) is 5.10 Å². The fraction of sp³-hybridized carbons (Fsp3) is 0.400. The molecular formula is C15H19N3. The van der Waals surface area contributed by atoms with E-state index in [0.717, 1.165) is 5.82 Å². The van der Waals surface area contributed by atoms with E-state index >= 15 is 0 Å². The third kappa shape index (κ3) is 2.26. The normalized spacial score (nSPS) is 22.6. The maximum absolute atomic E-state index is 4.35. The van der Waals surface area contributed by atoms with E-state index < -0.39 is 0 Å². The Labute approximate surface area is 108 Å². The highest BCUT2D eigenvalue weighted by Crippen LogP contribution is 2.38. The molecule has 18 heavy (non-hydrogen) atoms. The molecule has 3 rings (SSSR count). The Morgan fingerprint density at radius 3 is 2.78 bits per heavy atom. The second-order valence-electron chi connectivity index (χ2n) is 5.30. The minimum absolute atomic E-state index is 0.574. The lowest BCUT2D eigenvalue weighted by molar-refractivity contribution is 0.373. The van der Waals surface area contributed by atoms with Crippen LogP contribution >= 0.6 is 0 Å². The molecule has 94 valence electrons. The number of hydrogen-bond donors (Lipinski definition) is 1. The van der Waals surface area contributed by atoms with Crippen molar-refractivity contribution in [1.82, 2.24) is 9.78 Å². The van der Waals surface area contributed by atoms with Crippen LogP contribution in [0.5, 0.6) is 0 Å². The molecule has 3 heteroatoms. The lowest BCUT2D eigenvalue weighted by Crippen LogP contribution is -2.34. The molecule has 1 N–H and O–H groups in total. The minimum atomic E-state index is 0.574. The number of hydrogen-bond acceptors (Lipinski definition) is 2. The minimum Gasteiger partial charge on any atom is -0.366 e. The van der Waals surface area contributed by atoms with Gasteiger partial charge in [-0.3, -0.25) is 4.68 Å². The molecular weight excluding hydrogens is 222 g/mol. The van der Waals surface area contributed by atoms with Gasteiger partial charge >= 0.3 is 0 Å². The van der Waals surface area contributed by atoms with Gasteiger partial charge in [0.15, 0.2) is 0 Å². The molecule has 1 fully saturated rings. The molecule has 0 saturated heterocycles. The van der Waals surface area contributed by atoms with Crippen molar-refractivity contribution in [1.29, 1.82) is 0 Å². The van der Waals surface area contributed by atoms with Crippen LogP contribution in [0, 0.1) is 6.92 Å². The molecule has 1 aliphatic carbocycles. The van der Waals surface area contributed by atoms with Crippen molar-refractivity contribution in [3.05, 3.63) is 47.7 Å². The molecule has 0 aliphatic heterocycles. The molecule has 0 amide bonds. The Morgan fingerprint density at radius 2 is 2.11 bits per heavy atom. The second kappa shape index (κ2) is 4.48. The molecule has 1 heterocycles. The van der Waals surface area contributed by atoms with Crippen molar-refractivity contribution in [3.63, 3.8) is 0 Å². The lowest BCUT2D eigenvalue weighted by Gasteiger charge is -2.36. The van der Waals surface area contributed by atoms with Crippen LogP contribution in [0.4, 0.5) is 5.82 Å². The average Bonchev–Trinajstić information content (AvgIpc) is 2.69. The van der Waals surface area contributed by atoms with Gasteiger partial charge in [-0.05, 0) is 31.2 Å². The van der Waals surface area contributed by atoms with Crippen LogP contribution in [0.1, 0.15) is 29.9 Å². The summed E-state index contributed by atoms with van der Waals surface area (Å²) in [5.74, 6) is 1.70. The SMILES string of the molecule is Cc1cccc(C2CC(Nc3ccn(C)n3)C2)c1. The molecule has 2 aromatic rings. The smallest absolute Gasteiger partial charge is 0.148 e. The molecule has 1 aromatic carbocycles. The number of benzene rings is 1. The summed E-state index contributed by atoms with van der Waals surface area (Å²) >= 11 is 0. The second-order valence-corrected chi connectivity index (χ2v) is 5.30. The van der Waals surface area contributed by atoms with Gasteiger partial charge < -0.3 is 5.32 Å². The standard InChI is InChI=1S/C15H19N3/c1-11-4-3-5-12(8-11)13-9-14(10-13)16-15-6-7-18(2)17-15/h3-8,13-14H,9-10H2,1-2H3,(H,16,17). The summed E-state index contributed by atoms with van der Waals surface area (Å²) in [5.41, 5.74) is 2.84. The lowest BCUT2D eigenvalue weighted by atomic mass is 9.75. The Balaban J connectivity index is 1.57. The summed E-state index contributed by atoms with van der Waals surface area (Å²) in [4.78, 5) is 0. The van der Waals surface area contributed by atoms with Gasteiger partial charge in [0.25, 0.3) is 0 Å². The zero-order valence-electron chi connectivity index (χ0n) is 10.9. The van der Waals surface area contributed by atoms with Gasteiger partial charge in [-0.15, -0.1) is 0 Å². The highest BCUT2D eigenvalue weighted by atomic mass is 15.3. The first-order valence-corrected chi connectivity index (χ1v) is 6.53. The van der Waals surface area contributed by atoms with Crippen LogP contribution < -0.4 is 5.32 Å². The Kier molecular flexibility index (Phi) is 2.82. The molecule has 0 spiro atoms. The first-order chi connectivity index (χ1) is 8.70. The highest BCUT2D eigenvalue weighted by molar-refractivity contribution is 5.36. The summed E-state index contributed by atoms with van der Waals surface area (Å²) in [6.07, 6.45) is 4.39. The van der Waals surface area contributed by atoms with Crippen molar-refractivity contribution in [2.75, 3.05) is 5.32 Å². The number of aromatic nitrogens is 2. The third-order valence-electron chi connectivity index (χ3n) is 3.72. The zero-order valence-corrected chi connectivity index (χ0v) is 10.9. The van der Waals surface area contributed by atoms with E-state index in [4.69, 9.17) is 0 Å². The average molecular weight is 241 g/mol. The maximum Gasteiger partial charge on any atom is 0.148 e. The maximum atomic E-state index is 4.35. The summed E-state index contributed by atoms with van der Waals surface area (Å²) < 4.78 is 1.83. The molecule has 1 aliphatic rings. The molecule has 0 atom stereocenters. The van der Waals surface area contributed by atoms with E-state index in [9.17, 15) is 0 Å². The van der Waals surface area contributed by atoms with Crippen molar-refractivity contribution in [2.45, 2.75) is 31.7 Å². The van der Waals surface area contributed by atoms with Gasteiger partial charge in [0.1, 0.15) is 5.82 Å². The highest BCUT2D eigenvalue weighted by Gasteiger charge is 2.30. The van der Waals surface area contributed by atoms with Gasteiger partial charge in [0, 0.05) is 25.4 Å². The van der Waals surface area contributed by atoms with Crippen LogP contribution in [0.3, 0.4) is 0 Å². The van der Waals surface area contributed by atoms with Crippen molar-refractivity contribution >= 4 is 5.82 Å². The summed E-state index contributed by atoms with van der Waals surface area (Å²) in [6, 6.07) is 11.5. The number of aryl methyl sites for hydroxylation is 2. The molecule has 0 bridgehead atoms. The summed E-state index contributed by atoms with van der Waals surface area (Å²) in [5, 5.41) is 7.83. The van der Waals surface area contributed by atoms with Gasteiger partial charge in [0.05, 0.1) is 0 Å². The Hall–Kier alpha value is -1.77. The van der Waals surface area contributed by atoms with E-state index in [1.54, 1.807) is 0 Å². The molecule has 1 aromatic heterocycles. The predicted octanol–water partition coefficient (Wildman–Crippen LogP) is 3.09.